The lowest BCUT2D eigenvalue weighted by molar-refractivity contribution is -0.121. The number of rotatable bonds is 7. The van der Waals surface area contributed by atoms with E-state index >= 15 is 0 Å². The Hall–Kier alpha value is -2.78. The minimum absolute atomic E-state index is 0.0169. The Bertz CT molecular complexity index is 1150. The van der Waals surface area contributed by atoms with Crippen molar-refractivity contribution in [3.8, 4) is 11.3 Å². The van der Waals surface area contributed by atoms with Crippen LogP contribution in [0.5, 0.6) is 0 Å². The summed E-state index contributed by atoms with van der Waals surface area (Å²) in [6.07, 6.45) is 3.41. The first-order chi connectivity index (χ1) is 14.4. The molecule has 30 heavy (non-hydrogen) atoms. The van der Waals surface area contributed by atoms with Crippen molar-refractivity contribution in [2.24, 2.45) is 0 Å². The molecular weight excluding hydrogens is 407 g/mol. The van der Waals surface area contributed by atoms with E-state index in [2.05, 4.69) is 10.3 Å². The molecule has 1 fully saturated rings. The zero-order chi connectivity index (χ0) is 21.1. The number of carbonyl (C=O) groups excluding carboxylic acids is 1. The molecule has 1 aromatic carbocycles. The van der Waals surface area contributed by atoms with Crippen LogP contribution in [0.15, 0.2) is 48.7 Å². The predicted molar refractivity (Wildman–Crippen MR) is 113 cm³/mol. The highest BCUT2D eigenvalue weighted by Gasteiger charge is 2.25. The number of sulfonamides is 1. The lowest BCUT2D eigenvalue weighted by Crippen LogP contribution is -2.37. The molecule has 7 nitrogen and oxygen atoms in total. The Morgan fingerprint density at radius 1 is 1.13 bits per heavy atom. The van der Waals surface area contributed by atoms with Gasteiger partial charge in [-0.05, 0) is 60.9 Å². The second-order valence-electron chi connectivity index (χ2n) is 7.31. The van der Waals surface area contributed by atoms with E-state index in [0.29, 0.717) is 18.7 Å². The van der Waals surface area contributed by atoms with Gasteiger partial charge in [0.1, 0.15) is 18.0 Å². The molecule has 2 aromatic heterocycles. The van der Waals surface area contributed by atoms with E-state index in [9.17, 15) is 17.6 Å². The zero-order valence-electron chi connectivity index (χ0n) is 16.4. The van der Waals surface area contributed by atoms with Crippen molar-refractivity contribution in [2.45, 2.75) is 19.4 Å². The van der Waals surface area contributed by atoms with E-state index in [1.54, 1.807) is 22.9 Å². The smallest absolute Gasteiger partial charge is 0.240 e. The van der Waals surface area contributed by atoms with Gasteiger partial charge in [-0.1, -0.05) is 0 Å². The Balaban J connectivity index is 1.49. The highest BCUT2D eigenvalue weighted by Crippen LogP contribution is 2.27. The summed E-state index contributed by atoms with van der Waals surface area (Å²) < 4.78 is 41.2. The van der Waals surface area contributed by atoms with Gasteiger partial charge in [0.25, 0.3) is 0 Å². The molecule has 1 saturated heterocycles. The van der Waals surface area contributed by atoms with E-state index in [-0.39, 0.29) is 30.6 Å². The molecule has 158 valence electrons. The fourth-order valence-corrected chi connectivity index (χ4v) is 5.15. The van der Waals surface area contributed by atoms with Crippen LogP contribution in [0.25, 0.3) is 22.3 Å². The molecule has 3 aromatic rings. The molecule has 4 rings (SSSR count). The Morgan fingerprint density at radius 2 is 1.87 bits per heavy atom. The number of carbonyl (C=O) groups is 1. The maximum atomic E-state index is 13.3. The Labute approximate surface area is 174 Å². The molecular formula is C21H23FN4O3S. The molecule has 0 spiro atoms. The summed E-state index contributed by atoms with van der Waals surface area (Å²) in [4.78, 5) is 16.9. The molecule has 0 unspecified atom stereocenters. The van der Waals surface area contributed by atoms with Gasteiger partial charge in [0, 0.05) is 31.2 Å². The number of fused-ring (bicyclic) bond motifs is 1. The average molecular weight is 431 g/mol. The highest BCUT2D eigenvalue weighted by molar-refractivity contribution is 7.89. The first kappa shape index (κ1) is 20.5. The van der Waals surface area contributed by atoms with Gasteiger partial charge in [-0.25, -0.2) is 22.1 Å². The number of nitrogens with zero attached hydrogens (tertiary/aromatic N) is 3. The van der Waals surface area contributed by atoms with Gasteiger partial charge in [0.15, 0.2) is 0 Å². The summed E-state index contributed by atoms with van der Waals surface area (Å²) in [6.45, 7) is 1.14. The largest absolute Gasteiger partial charge is 0.353 e. The van der Waals surface area contributed by atoms with Crippen LogP contribution in [0.3, 0.4) is 0 Å². The van der Waals surface area contributed by atoms with Crippen LogP contribution < -0.4 is 5.32 Å². The second kappa shape index (κ2) is 8.53. The van der Waals surface area contributed by atoms with Gasteiger partial charge < -0.3 is 9.88 Å². The van der Waals surface area contributed by atoms with Crippen molar-refractivity contribution in [3.63, 3.8) is 0 Å². The monoisotopic (exact) mass is 430 g/mol. The number of hydrogen-bond donors (Lipinski definition) is 1. The van der Waals surface area contributed by atoms with Gasteiger partial charge in [-0.2, -0.15) is 0 Å². The normalized spacial score (nSPS) is 15.0. The van der Waals surface area contributed by atoms with E-state index in [1.165, 1.54) is 16.4 Å². The summed E-state index contributed by atoms with van der Waals surface area (Å²) in [5.41, 5.74) is 2.14. The lowest BCUT2D eigenvalue weighted by Gasteiger charge is -2.16. The maximum Gasteiger partial charge on any atom is 0.240 e. The first-order valence-corrected chi connectivity index (χ1v) is 11.5. The number of nitrogens with one attached hydrogen (secondary N) is 1. The summed E-state index contributed by atoms with van der Waals surface area (Å²) >= 11 is 0. The number of pyridine rings is 1. The van der Waals surface area contributed by atoms with Crippen LogP contribution in [0.4, 0.5) is 4.39 Å². The SMILES string of the molecule is O=C(Cn1c(-c2ccc(F)cc2)cc2cccnc21)NCCS(=O)(=O)N1CCCC1. The molecule has 3 heterocycles. The maximum absolute atomic E-state index is 13.3. The molecule has 0 bridgehead atoms. The molecule has 0 saturated carbocycles. The topological polar surface area (TPSA) is 84.3 Å². The zero-order valence-corrected chi connectivity index (χ0v) is 17.2. The van der Waals surface area contributed by atoms with E-state index in [0.717, 1.165) is 29.5 Å². The molecule has 0 atom stereocenters. The third-order valence-electron chi connectivity index (χ3n) is 5.24. The van der Waals surface area contributed by atoms with E-state index in [4.69, 9.17) is 0 Å². The summed E-state index contributed by atoms with van der Waals surface area (Å²) in [5, 5.41) is 3.56. The molecule has 0 radical (unpaired) electrons. The Morgan fingerprint density at radius 3 is 2.60 bits per heavy atom. The molecule has 1 N–H and O–H groups in total. The van der Waals surface area contributed by atoms with Crippen LogP contribution in [0.2, 0.25) is 0 Å². The number of hydrogen-bond acceptors (Lipinski definition) is 4. The minimum Gasteiger partial charge on any atom is -0.353 e. The predicted octanol–water partition coefficient (Wildman–Crippen LogP) is 2.38. The van der Waals surface area contributed by atoms with E-state index in [1.807, 2.05) is 18.2 Å². The van der Waals surface area contributed by atoms with Crippen LogP contribution in [0, 0.1) is 5.82 Å². The van der Waals surface area contributed by atoms with Gasteiger partial charge >= 0.3 is 0 Å². The van der Waals surface area contributed by atoms with Crippen molar-refractivity contribution in [1.29, 1.82) is 0 Å². The Kier molecular flexibility index (Phi) is 5.83. The van der Waals surface area contributed by atoms with Crippen LogP contribution >= 0.6 is 0 Å². The summed E-state index contributed by atoms with van der Waals surface area (Å²) in [5.74, 6) is -0.761. The second-order valence-corrected chi connectivity index (χ2v) is 9.40. The standard InChI is InChI=1S/C21H23FN4O3S/c22-18-7-5-16(6-8-18)19-14-17-4-3-9-24-21(17)26(19)15-20(27)23-10-13-30(28,29)25-11-1-2-12-25/h3-9,14H,1-2,10-13,15H2,(H,23,27). The number of benzene rings is 1. The van der Waals surface area contributed by atoms with Crippen molar-refractivity contribution in [2.75, 3.05) is 25.4 Å². The van der Waals surface area contributed by atoms with Crippen molar-refractivity contribution < 1.29 is 17.6 Å². The molecule has 1 aliphatic heterocycles. The third kappa shape index (κ3) is 4.36. The number of aromatic nitrogens is 2. The molecule has 1 aliphatic rings. The van der Waals surface area contributed by atoms with Gasteiger partial charge in [-0.15, -0.1) is 0 Å². The fraction of sp³-hybridized carbons (Fsp3) is 0.333. The molecule has 9 heteroatoms. The van der Waals surface area contributed by atoms with E-state index < -0.39 is 10.0 Å². The quantitative estimate of drug-likeness (QED) is 0.624. The summed E-state index contributed by atoms with van der Waals surface area (Å²) in [6, 6.07) is 11.7. The highest BCUT2D eigenvalue weighted by atomic mass is 32.2. The third-order valence-corrected chi connectivity index (χ3v) is 7.11. The lowest BCUT2D eigenvalue weighted by atomic mass is 10.1. The minimum atomic E-state index is -3.34. The number of halogens is 1. The number of amides is 1. The van der Waals surface area contributed by atoms with Crippen LogP contribution in [-0.2, 0) is 21.4 Å². The molecule has 1 amide bonds. The summed E-state index contributed by atoms with van der Waals surface area (Å²) in [7, 11) is -3.34. The van der Waals surface area contributed by atoms with Crippen molar-refractivity contribution in [3.05, 3.63) is 54.5 Å². The van der Waals surface area contributed by atoms with Crippen LogP contribution in [-0.4, -0.2) is 53.6 Å². The van der Waals surface area contributed by atoms with Crippen molar-refractivity contribution >= 4 is 27.0 Å². The van der Waals surface area contributed by atoms with Gasteiger partial charge in [0.2, 0.25) is 15.9 Å². The van der Waals surface area contributed by atoms with Crippen LogP contribution in [0.1, 0.15) is 12.8 Å². The average Bonchev–Trinajstić information content (AvgIpc) is 3.38. The van der Waals surface area contributed by atoms with Gasteiger partial charge in [-0.3, -0.25) is 4.79 Å². The van der Waals surface area contributed by atoms with Crippen molar-refractivity contribution in [1.82, 2.24) is 19.2 Å². The first-order valence-electron chi connectivity index (χ1n) is 9.89. The molecule has 0 aliphatic carbocycles. The fourth-order valence-electron chi connectivity index (χ4n) is 3.72. The van der Waals surface area contributed by atoms with Gasteiger partial charge in [0.05, 0.1) is 11.4 Å².